The second kappa shape index (κ2) is 8.60. The van der Waals surface area contributed by atoms with Crippen LogP contribution in [0.25, 0.3) is 0 Å². The van der Waals surface area contributed by atoms with Crippen molar-refractivity contribution in [2.75, 3.05) is 13.1 Å². The van der Waals surface area contributed by atoms with Crippen LogP contribution in [0.15, 0.2) is 29.5 Å². The minimum Gasteiger partial charge on any atom is -0.503 e. The summed E-state index contributed by atoms with van der Waals surface area (Å²) >= 11 is 12.0. The molecular formula is C20H18Cl2F3N3O3. The number of carbonyl (C=O) groups is 2. The third-order valence-electron chi connectivity index (χ3n) is 5.63. The SMILES string of the molecule is N#CC1(c2ccc(Cl)c(Cl)c2)CCC(NC(=O)C2=C(O)C(=O)N(CC(F)(F)F)C2)CC1. The third-order valence-corrected chi connectivity index (χ3v) is 6.37. The van der Waals surface area contributed by atoms with E-state index in [2.05, 4.69) is 11.4 Å². The maximum atomic E-state index is 12.6. The zero-order valence-corrected chi connectivity index (χ0v) is 17.6. The van der Waals surface area contributed by atoms with E-state index in [9.17, 15) is 33.1 Å². The molecule has 1 saturated carbocycles. The minimum atomic E-state index is -4.64. The Labute approximate surface area is 186 Å². The van der Waals surface area contributed by atoms with Crippen molar-refractivity contribution in [3.8, 4) is 6.07 Å². The van der Waals surface area contributed by atoms with E-state index in [1.807, 2.05) is 0 Å². The van der Waals surface area contributed by atoms with Crippen molar-refractivity contribution in [2.45, 2.75) is 43.3 Å². The summed E-state index contributed by atoms with van der Waals surface area (Å²) in [4.78, 5) is 24.7. The first-order valence-corrected chi connectivity index (χ1v) is 10.2. The van der Waals surface area contributed by atoms with Gasteiger partial charge in [0.25, 0.3) is 11.8 Å². The van der Waals surface area contributed by atoms with E-state index in [1.165, 1.54) is 0 Å². The van der Waals surface area contributed by atoms with Crippen LogP contribution in [0.5, 0.6) is 0 Å². The molecule has 0 radical (unpaired) electrons. The quantitative estimate of drug-likeness (QED) is 0.687. The van der Waals surface area contributed by atoms with E-state index in [0.717, 1.165) is 5.56 Å². The number of nitrogens with one attached hydrogen (secondary N) is 1. The number of alkyl halides is 3. The van der Waals surface area contributed by atoms with E-state index in [4.69, 9.17) is 23.2 Å². The Balaban J connectivity index is 1.64. The van der Waals surface area contributed by atoms with Crippen molar-refractivity contribution in [1.82, 2.24) is 10.2 Å². The highest BCUT2D eigenvalue weighted by atomic mass is 35.5. The molecule has 1 aromatic rings. The maximum Gasteiger partial charge on any atom is 0.406 e. The molecule has 31 heavy (non-hydrogen) atoms. The van der Waals surface area contributed by atoms with Crippen LogP contribution >= 0.6 is 23.2 Å². The number of aliphatic hydroxyl groups is 1. The van der Waals surface area contributed by atoms with Crippen LogP contribution in [0.2, 0.25) is 10.0 Å². The molecule has 0 atom stereocenters. The molecule has 0 spiro atoms. The van der Waals surface area contributed by atoms with Crippen LogP contribution in [-0.4, -0.2) is 47.1 Å². The highest BCUT2D eigenvalue weighted by Gasteiger charge is 2.42. The predicted molar refractivity (Wildman–Crippen MR) is 106 cm³/mol. The molecule has 0 aromatic heterocycles. The predicted octanol–water partition coefficient (Wildman–Crippen LogP) is 4.03. The summed E-state index contributed by atoms with van der Waals surface area (Å²) in [5, 5.41) is 23.0. The zero-order chi connectivity index (χ0) is 23.0. The van der Waals surface area contributed by atoms with Gasteiger partial charge in [0.05, 0.1) is 33.6 Å². The smallest absolute Gasteiger partial charge is 0.406 e. The summed E-state index contributed by atoms with van der Waals surface area (Å²) < 4.78 is 37.7. The maximum absolute atomic E-state index is 12.6. The number of halogens is 5. The lowest BCUT2D eigenvalue weighted by atomic mass is 9.69. The fraction of sp³-hybridized carbons (Fsp3) is 0.450. The molecule has 2 aliphatic rings. The molecule has 0 bridgehead atoms. The van der Waals surface area contributed by atoms with E-state index < -0.39 is 47.8 Å². The van der Waals surface area contributed by atoms with Crippen LogP contribution in [0, 0.1) is 11.3 Å². The molecule has 11 heteroatoms. The third kappa shape index (κ3) is 4.91. The fourth-order valence-corrected chi connectivity index (χ4v) is 4.22. The minimum absolute atomic E-state index is 0.334. The average molecular weight is 476 g/mol. The first-order chi connectivity index (χ1) is 14.5. The number of carbonyl (C=O) groups excluding carboxylic acids is 2. The number of aliphatic hydroxyl groups excluding tert-OH is 1. The largest absolute Gasteiger partial charge is 0.503 e. The van der Waals surface area contributed by atoms with Gasteiger partial charge in [0, 0.05) is 6.04 Å². The molecule has 1 aliphatic carbocycles. The van der Waals surface area contributed by atoms with Gasteiger partial charge in [-0.25, -0.2) is 0 Å². The summed E-state index contributed by atoms with van der Waals surface area (Å²) in [5.74, 6) is -2.99. The monoisotopic (exact) mass is 475 g/mol. The van der Waals surface area contributed by atoms with Crippen LogP contribution in [0.3, 0.4) is 0 Å². The van der Waals surface area contributed by atoms with Crippen LogP contribution in [0.1, 0.15) is 31.2 Å². The fourth-order valence-electron chi connectivity index (χ4n) is 3.93. The van der Waals surface area contributed by atoms with Gasteiger partial charge >= 0.3 is 6.18 Å². The van der Waals surface area contributed by atoms with Gasteiger partial charge in [-0.05, 0) is 43.4 Å². The summed E-state index contributed by atoms with van der Waals surface area (Å²) in [6.07, 6.45) is -2.97. The lowest BCUT2D eigenvalue weighted by Crippen LogP contribution is -2.43. The Morgan fingerprint density at radius 1 is 1.29 bits per heavy atom. The van der Waals surface area contributed by atoms with E-state index in [-0.39, 0.29) is 6.04 Å². The second-order valence-electron chi connectivity index (χ2n) is 7.67. The lowest BCUT2D eigenvalue weighted by molar-refractivity contribution is -0.157. The van der Waals surface area contributed by atoms with Gasteiger partial charge in [-0.1, -0.05) is 29.3 Å². The average Bonchev–Trinajstić information content (AvgIpc) is 2.98. The number of hydrogen-bond donors (Lipinski definition) is 2. The Morgan fingerprint density at radius 3 is 2.48 bits per heavy atom. The van der Waals surface area contributed by atoms with Crippen molar-refractivity contribution >= 4 is 35.0 Å². The van der Waals surface area contributed by atoms with Gasteiger partial charge in [0.2, 0.25) is 0 Å². The number of nitrogens with zero attached hydrogens (tertiary/aromatic N) is 2. The Kier molecular flexibility index (Phi) is 6.44. The molecular weight excluding hydrogens is 458 g/mol. The summed E-state index contributed by atoms with van der Waals surface area (Å²) in [7, 11) is 0. The highest BCUT2D eigenvalue weighted by molar-refractivity contribution is 6.42. The van der Waals surface area contributed by atoms with Crippen molar-refractivity contribution < 1.29 is 27.9 Å². The zero-order valence-electron chi connectivity index (χ0n) is 16.1. The van der Waals surface area contributed by atoms with Crippen LogP contribution in [-0.2, 0) is 15.0 Å². The lowest BCUT2D eigenvalue weighted by Gasteiger charge is -2.35. The molecule has 166 valence electrons. The Hall–Kier alpha value is -2.44. The Morgan fingerprint density at radius 2 is 1.94 bits per heavy atom. The summed E-state index contributed by atoms with van der Waals surface area (Å²) in [6.45, 7) is -2.17. The Bertz CT molecular complexity index is 980. The molecule has 2 N–H and O–H groups in total. The molecule has 1 aromatic carbocycles. The van der Waals surface area contributed by atoms with E-state index >= 15 is 0 Å². The van der Waals surface area contributed by atoms with E-state index in [1.54, 1.807) is 18.2 Å². The van der Waals surface area contributed by atoms with Crippen molar-refractivity contribution in [3.63, 3.8) is 0 Å². The topological polar surface area (TPSA) is 93.4 Å². The van der Waals surface area contributed by atoms with Gasteiger partial charge in [-0.15, -0.1) is 0 Å². The highest BCUT2D eigenvalue weighted by Crippen LogP contribution is 2.41. The summed E-state index contributed by atoms with van der Waals surface area (Å²) in [5.41, 5.74) is -0.474. The molecule has 1 aliphatic heterocycles. The first kappa shape index (κ1) is 23.2. The van der Waals surface area contributed by atoms with Gasteiger partial charge < -0.3 is 15.3 Å². The van der Waals surface area contributed by atoms with Gasteiger partial charge in [0.15, 0.2) is 5.76 Å². The first-order valence-electron chi connectivity index (χ1n) is 9.41. The molecule has 0 unspecified atom stereocenters. The molecule has 1 heterocycles. The van der Waals surface area contributed by atoms with Crippen molar-refractivity contribution in [2.24, 2.45) is 0 Å². The normalized spacial score (nSPS) is 24.3. The molecule has 1 fully saturated rings. The summed E-state index contributed by atoms with van der Waals surface area (Å²) in [6, 6.07) is 6.97. The number of hydrogen-bond acceptors (Lipinski definition) is 4. The molecule has 6 nitrogen and oxygen atoms in total. The number of amides is 2. The van der Waals surface area contributed by atoms with E-state index in [0.29, 0.717) is 40.6 Å². The standard InChI is InChI=1S/C20H18Cl2F3N3O3/c21-14-2-1-11(7-15(14)22)19(9-26)5-3-12(4-6-19)27-17(30)13-8-28(10-20(23,24)25)18(31)16(13)29/h1-2,7,12,29H,3-6,8,10H2,(H,27,30). The van der Waals surface area contributed by atoms with Gasteiger partial charge in [-0.2, -0.15) is 18.4 Å². The van der Waals surface area contributed by atoms with Gasteiger partial charge in [0.1, 0.15) is 6.54 Å². The van der Waals surface area contributed by atoms with Crippen molar-refractivity contribution in [1.29, 1.82) is 5.26 Å². The number of rotatable bonds is 4. The van der Waals surface area contributed by atoms with Crippen molar-refractivity contribution in [3.05, 3.63) is 45.1 Å². The van der Waals surface area contributed by atoms with Crippen LogP contribution in [0.4, 0.5) is 13.2 Å². The molecule has 0 saturated heterocycles. The van der Waals surface area contributed by atoms with Crippen LogP contribution < -0.4 is 5.32 Å². The van der Waals surface area contributed by atoms with Gasteiger partial charge in [-0.3, -0.25) is 9.59 Å². The number of benzene rings is 1. The second-order valence-corrected chi connectivity index (χ2v) is 8.49. The molecule has 3 rings (SSSR count). The molecule has 2 amide bonds. The number of nitriles is 1.